The van der Waals surface area contributed by atoms with Crippen molar-refractivity contribution in [3.63, 3.8) is 0 Å². The Bertz CT molecular complexity index is 901. The van der Waals surface area contributed by atoms with Crippen molar-refractivity contribution in [2.24, 2.45) is 5.41 Å². The molecule has 3 atom stereocenters. The summed E-state index contributed by atoms with van der Waals surface area (Å²) in [5, 5.41) is 8.99. The fourth-order valence-corrected chi connectivity index (χ4v) is 5.58. The molecular formula is C23H23N3O. The van der Waals surface area contributed by atoms with Gasteiger partial charge in [-0.05, 0) is 55.5 Å². The monoisotopic (exact) mass is 357 g/mol. The molecule has 3 heterocycles. The molecule has 3 saturated heterocycles. The average molecular weight is 357 g/mol. The molecule has 2 bridgehead atoms. The number of carbonyl (C=O) groups is 1. The quantitative estimate of drug-likeness (QED) is 0.841. The summed E-state index contributed by atoms with van der Waals surface area (Å²) in [5.74, 6) is 0.325. The van der Waals surface area contributed by atoms with E-state index in [2.05, 4.69) is 23.1 Å². The molecule has 4 heteroatoms. The molecule has 3 aliphatic heterocycles. The summed E-state index contributed by atoms with van der Waals surface area (Å²) >= 11 is 0. The Labute approximate surface area is 160 Å². The Kier molecular flexibility index (Phi) is 3.80. The van der Waals surface area contributed by atoms with Gasteiger partial charge in [0.1, 0.15) is 0 Å². The molecule has 3 fully saturated rings. The molecule has 1 amide bonds. The smallest absolute Gasteiger partial charge is 0.234 e. The summed E-state index contributed by atoms with van der Waals surface area (Å²) in [6.07, 6.45) is 4.28. The molecule has 136 valence electrons. The normalized spacial score (nSPS) is 29.6. The largest absolute Gasteiger partial charge is 0.312 e. The summed E-state index contributed by atoms with van der Waals surface area (Å²) in [4.78, 5) is 18.0. The summed E-state index contributed by atoms with van der Waals surface area (Å²) in [6, 6.07) is 21.0. The molecule has 0 N–H and O–H groups in total. The third kappa shape index (κ3) is 2.49. The maximum Gasteiger partial charge on any atom is 0.234 e. The number of fused-ring (bicyclic) bond motifs is 3. The number of nitrogens with zero attached hydrogens (tertiary/aromatic N) is 3. The molecule has 0 aliphatic carbocycles. The molecule has 5 rings (SSSR count). The first kappa shape index (κ1) is 16.5. The number of anilines is 1. The van der Waals surface area contributed by atoms with Crippen molar-refractivity contribution < 1.29 is 4.79 Å². The summed E-state index contributed by atoms with van der Waals surface area (Å²) in [5.41, 5.74) is 2.75. The van der Waals surface area contributed by atoms with E-state index in [0.29, 0.717) is 23.6 Å². The molecule has 0 aromatic heterocycles. The van der Waals surface area contributed by atoms with Crippen molar-refractivity contribution in [1.82, 2.24) is 4.90 Å². The van der Waals surface area contributed by atoms with Gasteiger partial charge in [0.05, 0.1) is 17.0 Å². The van der Waals surface area contributed by atoms with Gasteiger partial charge in [-0.15, -0.1) is 0 Å². The van der Waals surface area contributed by atoms with Crippen LogP contribution in [0.3, 0.4) is 0 Å². The lowest BCUT2D eigenvalue weighted by atomic mass is 9.72. The fraction of sp³-hybridized carbons (Fsp3) is 0.391. The predicted molar refractivity (Wildman–Crippen MR) is 104 cm³/mol. The van der Waals surface area contributed by atoms with Crippen molar-refractivity contribution in [2.45, 2.75) is 44.3 Å². The van der Waals surface area contributed by atoms with Crippen molar-refractivity contribution in [1.29, 1.82) is 5.26 Å². The van der Waals surface area contributed by atoms with Crippen LogP contribution in [-0.4, -0.2) is 29.4 Å². The Morgan fingerprint density at radius 3 is 2.59 bits per heavy atom. The number of carbonyl (C=O) groups excluding carboxylic acids is 1. The highest BCUT2D eigenvalue weighted by molar-refractivity contribution is 6.00. The third-order valence-electron chi connectivity index (χ3n) is 6.85. The Morgan fingerprint density at radius 2 is 1.85 bits per heavy atom. The summed E-state index contributed by atoms with van der Waals surface area (Å²) < 4.78 is 0. The van der Waals surface area contributed by atoms with Gasteiger partial charge in [-0.25, -0.2) is 0 Å². The number of para-hydroxylation sites is 1. The second kappa shape index (κ2) is 6.21. The van der Waals surface area contributed by atoms with Gasteiger partial charge < -0.3 is 4.90 Å². The van der Waals surface area contributed by atoms with Crippen molar-refractivity contribution >= 4 is 11.6 Å². The van der Waals surface area contributed by atoms with E-state index in [-0.39, 0.29) is 5.41 Å². The second-order valence-electron chi connectivity index (χ2n) is 8.13. The van der Waals surface area contributed by atoms with E-state index in [1.807, 2.05) is 47.4 Å². The predicted octanol–water partition coefficient (Wildman–Crippen LogP) is 3.72. The molecule has 27 heavy (non-hydrogen) atoms. The van der Waals surface area contributed by atoms with Crippen molar-refractivity contribution in [3.8, 4) is 6.07 Å². The zero-order chi connectivity index (χ0) is 18.4. The van der Waals surface area contributed by atoms with Crippen LogP contribution in [0, 0.1) is 16.7 Å². The standard InChI is InChI=1S/C23H23N3O/c24-15-17-6-8-18(9-7-17)16-26-20-10-11-21(26)23(14-20)12-13-25(22(23)27)19-4-2-1-3-5-19/h1-9,20-21H,10-14,16H2/t20-,21-,23+/m0/s1. The number of benzene rings is 2. The average Bonchev–Trinajstić information content (AvgIpc) is 3.35. The molecule has 0 saturated carbocycles. The fourth-order valence-electron chi connectivity index (χ4n) is 5.58. The van der Waals surface area contributed by atoms with Gasteiger partial charge in [0, 0.05) is 30.9 Å². The van der Waals surface area contributed by atoms with Crippen LogP contribution in [0.1, 0.15) is 36.8 Å². The second-order valence-corrected chi connectivity index (χ2v) is 8.13. The number of amides is 1. The van der Waals surface area contributed by atoms with Gasteiger partial charge in [-0.1, -0.05) is 30.3 Å². The van der Waals surface area contributed by atoms with E-state index in [0.717, 1.165) is 38.0 Å². The first-order valence-corrected chi connectivity index (χ1v) is 9.83. The van der Waals surface area contributed by atoms with Gasteiger partial charge in [0.15, 0.2) is 0 Å². The number of hydrogen-bond acceptors (Lipinski definition) is 3. The van der Waals surface area contributed by atoms with E-state index < -0.39 is 0 Å². The van der Waals surface area contributed by atoms with Crippen LogP contribution >= 0.6 is 0 Å². The molecule has 0 unspecified atom stereocenters. The Hall–Kier alpha value is -2.64. The van der Waals surface area contributed by atoms with Crippen LogP contribution in [-0.2, 0) is 11.3 Å². The van der Waals surface area contributed by atoms with Gasteiger partial charge in [0.25, 0.3) is 0 Å². The van der Waals surface area contributed by atoms with E-state index >= 15 is 0 Å². The van der Waals surface area contributed by atoms with Crippen molar-refractivity contribution in [3.05, 3.63) is 65.7 Å². The van der Waals surface area contributed by atoms with Crippen LogP contribution < -0.4 is 4.90 Å². The topological polar surface area (TPSA) is 47.3 Å². The lowest BCUT2D eigenvalue weighted by molar-refractivity contribution is -0.127. The van der Waals surface area contributed by atoms with Crippen molar-refractivity contribution in [2.75, 3.05) is 11.4 Å². The lowest BCUT2D eigenvalue weighted by Crippen LogP contribution is -2.43. The van der Waals surface area contributed by atoms with Gasteiger partial charge in [-0.2, -0.15) is 5.26 Å². The van der Waals surface area contributed by atoms with Crippen LogP contribution in [0.15, 0.2) is 54.6 Å². The molecule has 2 aromatic rings. The van der Waals surface area contributed by atoms with E-state index in [4.69, 9.17) is 5.26 Å². The molecule has 0 radical (unpaired) electrons. The van der Waals surface area contributed by atoms with E-state index in [1.54, 1.807) is 0 Å². The van der Waals surface area contributed by atoms with Crippen LogP contribution in [0.4, 0.5) is 5.69 Å². The number of nitriles is 1. The van der Waals surface area contributed by atoms with Gasteiger partial charge in [0.2, 0.25) is 5.91 Å². The highest BCUT2D eigenvalue weighted by Crippen LogP contribution is 2.55. The zero-order valence-electron chi connectivity index (χ0n) is 15.3. The maximum absolute atomic E-state index is 13.5. The molecule has 3 aliphatic rings. The van der Waals surface area contributed by atoms with E-state index in [1.165, 1.54) is 12.0 Å². The SMILES string of the molecule is N#Cc1ccc(CN2[C@H]3CC[C@H]2[C@@]2(CCN(c4ccccc4)C2=O)C3)cc1. The number of hydrogen-bond donors (Lipinski definition) is 0. The molecular weight excluding hydrogens is 334 g/mol. The first-order valence-electron chi connectivity index (χ1n) is 9.83. The highest BCUT2D eigenvalue weighted by Gasteiger charge is 2.62. The van der Waals surface area contributed by atoms with Gasteiger partial charge >= 0.3 is 0 Å². The van der Waals surface area contributed by atoms with Crippen LogP contribution in [0.25, 0.3) is 0 Å². The molecule has 2 aromatic carbocycles. The number of rotatable bonds is 3. The zero-order valence-corrected chi connectivity index (χ0v) is 15.3. The van der Waals surface area contributed by atoms with E-state index in [9.17, 15) is 4.79 Å². The molecule has 4 nitrogen and oxygen atoms in total. The molecule has 1 spiro atoms. The maximum atomic E-state index is 13.5. The third-order valence-corrected chi connectivity index (χ3v) is 6.85. The Balaban J connectivity index is 1.38. The summed E-state index contributed by atoms with van der Waals surface area (Å²) in [6.45, 7) is 1.71. The Morgan fingerprint density at radius 1 is 1.07 bits per heavy atom. The van der Waals surface area contributed by atoms with Crippen LogP contribution in [0.5, 0.6) is 0 Å². The first-order chi connectivity index (χ1) is 13.2. The van der Waals surface area contributed by atoms with Crippen LogP contribution in [0.2, 0.25) is 0 Å². The summed E-state index contributed by atoms with van der Waals surface area (Å²) in [7, 11) is 0. The lowest BCUT2D eigenvalue weighted by Gasteiger charge is -2.32. The highest BCUT2D eigenvalue weighted by atomic mass is 16.2. The van der Waals surface area contributed by atoms with Gasteiger partial charge in [-0.3, -0.25) is 9.69 Å². The minimum atomic E-state index is -0.203. The minimum absolute atomic E-state index is 0.203. The minimum Gasteiger partial charge on any atom is -0.312 e.